The molecule has 3 atom stereocenters. The van der Waals surface area contributed by atoms with Gasteiger partial charge in [0.15, 0.2) is 6.10 Å². The molecule has 1 aromatic carbocycles. The van der Waals surface area contributed by atoms with E-state index in [-0.39, 0.29) is 5.92 Å². The third kappa shape index (κ3) is 5.12. The highest BCUT2D eigenvalue weighted by atomic mass is 16.5. The maximum absolute atomic E-state index is 12.4. The van der Waals surface area contributed by atoms with Gasteiger partial charge in [0.25, 0.3) is 5.91 Å². The first-order valence-corrected chi connectivity index (χ1v) is 9.53. The van der Waals surface area contributed by atoms with Crippen LogP contribution in [0.5, 0.6) is 5.75 Å². The van der Waals surface area contributed by atoms with Gasteiger partial charge in [-0.3, -0.25) is 4.79 Å². The van der Waals surface area contributed by atoms with Crippen molar-refractivity contribution >= 4 is 22.8 Å². The van der Waals surface area contributed by atoms with Crippen molar-refractivity contribution in [1.82, 2.24) is 5.32 Å². The van der Waals surface area contributed by atoms with Crippen LogP contribution < -0.4 is 15.7 Å². The fourth-order valence-corrected chi connectivity index (χ4v) is 2.97. The number of carboxylic acids is 1. The lowest BCUT2D eigenvalue weighted by Gasteiger charge is -2.22. The van der Waals surface area contributed by atoms with E-state index in [1.165, 1.54) is 6.07 Å². The van der Waals surface area contributed by atoms with Gasteiger partial charge in [0.2, 0.25) is 0 Å². The van der Waals surface area contributed by atoms with E-state index in [0.29, 0.717) is 17.8 Å². The highest BCUT2D eigenvalue weighted by Crippen LogP contribution is 2.24. The van der Waals surface area contributed by atoms with E-state index in [4.69, 9.17) is 9.15 Å². The van der Waals surface area contributed by atoms with Crippen molar-refractivity contribution in [1.29, 1.82) is 0 Å². The monoisotopic (exact) mass is 389 g/mol. The number of aliphatic carboxylic acids is 1. The number of benzene rings is 1. The highest BCUT2D eigenvalue weighted by Gasteiger charge is 2.28. The van der Waals surface area contributed by atoms with Gasteiger partial charge >= 0.3 is 11.6 Å². The Bertz CT molecular complexity index is 903. The summed E-state index contributed by atoms with van der Waals surface area (Å²) < 4.78 is 10.9. The van der Waals surface area contributed by atoms with Crippen LogP contribution in [0.3, 0.4) is 0 Å². The van der Waals surface area contributed by atoms with Crippen molar-refractivity contribution in [2.45, 2.75) is 59.1 Å². The summed E-state index contributed by atoms with van der Waals surface area (Å²) in [5.41, 5.74) is 0.866. The lowest BCUT2D eigenvalue weighted by Crippen LogP contribution is -2.49. The summed E-state index contributed by atoms with van der Waals surface area (Å²) in [6.45, 7) is 7.20. The maximum Gasteiger partial charge on any atom is 0.336 e. The average Bonchev–Trinajstić information content (AvgIpc) is 2.64. The van der Waals surface area contributed by atoms with Gasteiger partial charge in [-0.15, -0.1) is 0 Å². The molecule has 2 aromatic rings. The van der Waals surface area contributed by atoms with Crippen LogP contribution in [0.15, 0.2) is 33.5 Å². The Morgan fingerprint density at radius 2 is 1.93 bits per heavy atom. The van der Waals surface area contributed by atoms with E-state index >= 15 is 0 Å². The SMILES string of the molecule is CCCc1cc(=O)oc2cc(OC(C)C(=O)NC(C(=O)O)C(C)CC)ccc12. The topological polar surface area (TPSA) is 106 Å². The number of hydrogen-bond donors (Lipinski definition) is 2. The number of ether oxygens (including phenoxy) is 1. The van der Waals surface area contributed by atoms with Gasteiger partial charge in [-0.25, -0.2) is 9.59 Å². The van der Waals surface area contributed by atoms with E-state index < -0.39 is 29.6 Å². The first-order valence-electron chi connectivity index (χ1n) is 9.53. The van der Waals surface area contributed by atoms with Gasteiger partial charge in [-0.1, -0.05) is 33.6 Å². The molecule has 0 aliphatic heterocycles. The molecule has 0 aliphatic rings. The molecule has 7 heteroatoms. The zero-order valence-corrected chi connectivity index (χ0v) is 16.7. The van der Waals surface area contributed by atoms with E-state index in [9.17, 15) is 19.5 Å². The molecular formula is C21H27NO6. The van der Waals surface area contributed by atoms with Crippen LogP contribution in [-0.4, -0.2) is 29.1 Å². The lowest BCUT2D eigenvalue weighted by atomic mass is 9.99. The summed E-state index contributed by atoms with van der Waals surface area (Å²) in [6.07, 6.45) is 1.37. The number of fused-ring (bicyclic) bond motifs is 1. The van der Waals surface area contributed by atoms with Gasteiger partial charge < -0.3 is 19.6 Å². The van der Waals surface area contributed by atoms with Crippen LogP contribution >= 0.6 is 0 Å². The van der Waals surface area contributed by atoms with Crippen molar-refractivity contribution in [3.8, 4) is 5.75 Å². The Labute approximate surface area is 163 Å². The number of amides is 1. The van der Waals surface area contributed by atoms with Crippen LogP contribution in [0.2, 0.25) is 0 Å². The molecule has 1 heterocycles. The third-order valence-corrected chi connectivity index (χ3v) is 4.78. The summed E-state index contributed by atoms with van der Waals surface area (Å²) >= 11 is 0. The number of nitrogens with one attached hydrogen (secondary N) is 1. The molecule has 0 aliphatic carbocycles. The first kappa shape index (κ1) is 21.5. The molecule has 0 saturated heterocycles. The predicted molar refractivity (Wildman–Crippen MR) is 106 cm³/mol. The summed E-state index contributed by atoms with van der Waals surface area (Å²) in [7, 11) is 0. The smallest absolute Gasteiger partial charge is 0.336 e. The van der Waals surface area contributed by atoms with Gasteiger partial charge in [0.1, 0.15) is 17.4 Å². The zero-order valence-electron chi connectivity index (χ0n) is 16.7. The zero-order chi connectivity index (χ0) is 20.8. The second kappa shape index (κ2) is 9.39. The average molecular weight is 389 g/mol. The minimum Gasteiger partial charge on any atom is -0.481 e. The van der Waals surface area contributed by atoms with Crippen molar-refractivity contribution in [2.75, 3.05) is 0 Å². The van der Waals surface area contributed by atoms with Crippen LogP contribution in [-0.2, 0) is 16.0 Å². The Morgan fingerprint density at radius 3 is 2.54 bits per heavy atom. The van der Waals surface area contributed by atoms with E-state index in [2.05, 4.69) is 5.32 Å². The first-order chi connectivity index (χ1) is 13.3. The standard InChI is InChI=1S/C21H27NO6/c1-5-7-14-10-18(23)28-17-11-15(8-9-16(14)17)27-13(4)20(24)22-19(21(25)26)12(3)6-2/h8-13,19H,5-7H2,1-4H3,(H,22,24)(H,25,26). The molecule has 1 amide bonds. The molecule has 0 radical (unpaired) electrons. The summed E-state index contributed by atoms with van der Waals surface area (Å²) in [6, 6.07) is 5.58. The lowest BCUT2D eigenvalue weighted by molar-refractivity contribution is -0.144. The summed E-state index contributed by atoms with van der Waals surface area (Å²) in [4.78, 5) is 35.5. The van der Waals surface area contributed by atoms with Crippen LogP contribution in [0.25, 0.3) is 11.0 Å². The molecule has 28 heavy (non-hydrogen) atoms. The fourth-order valence-electron chi connectivity index (χ4n) is 2.97. The normalized spacial score (nSPS) is 14.3. The minimum atomic E-state index is -1.08. The molecule has 1 aromatic heterocycles. The van der Waals surface area contributed by atoms with Crippen LogP contribution in [0.4, 0.5) is 0 Å². The van der Waals surface area contributed by atoms with E-state index in [1.807, 2.05) is 13.8 Å². The second-order valence-electron chi connectivity index (χ2n) is 6.97. The van der Waals surface area contributed by atoms with Crippen LogP contribution in [0, 0.1) is 5.92 Å². The van der Waals surface area contributed by atoms with Gasteiger partial charge in [-0.2, -0.15) is 0 Å². The van der Waals surface area contributed by atoms with Gasteiger partial charge in [-0.05, 0) is 37.0 Å². The number of carbonyl (C=O) groups is 2. The minimum absolute atomic E-state index is 0.208. The molecule has 2 N–H and O–H groups in total. The molecule has 0 fully saturated rings. The quantitative estimate of drug-likeness (QED) is 0.638. The van der Waals surface area contributed by atoms with Gasteiger partial charge in [0.05, 0.1) is 0 Å². The van der Waals surface area contributed by atoms with Crippen molar-refractivity contribution < 1.29 is 23.8 Å². The molecule has 152 valence electrons. The molecule has 0 saturated carbocycles. The highest BCUT2D eigenvalue weighted by molar-refractivity contribution is 5.86. The van der Waals surface area contributed by atoms with E-state index in [1.54, 1.807) is 32.0 Å². The molecule has 3 unspecified atom stereocenters. The molecular weight excluding hydrogens is 362 g/mol. The number of aryl methyl sites for hydroxylation is 1. The number of rotatable bonds is 9. The maximum atomic E-state index is 12.4. The summed E-state index contributed by atoms with van der Waals surface area (Å²) in [5, 5.41) is 12.7. The van der Waals surface area contributed by atoms with Crippen molar-refractivity contribution in [3.63, 3.8) is 0 Å². The van der Waals surface area contributed by atoms with Gasteiger partial charge in [0, 0.05) is 17.5 Å². The molecule has 7 nitrogen and oxygen atoms in total. The number of carboxylic acid groups (broad SMARTS) is 1. The molecule has 2 rings (SSSR count). The summed E-state index contributed by atoms with van der Waals surface area (Å²) in [5.74, 6) is -1.44. The third-order valence-electron chi connectivity index (χ3n) is 4.78. The Hall–Kier alpha value is -2.83. The second-order valence-corrected chi connectivity index (χ2v) is 6.97. The number of carbonyl (C=O) groups excluding carboxylic acids is 1. The van der Waals surface area contributed by atoms with Crippen molar-refractivity contribution in [2.24, 2.45) is 5.92 Å². The molecule has 0 spiro atoms. The molecule has 0 bridgehead atoms. The number of hydrogen-bond acceptors (Lipinski definition) is 5. The van der Waals surface area contributed by atoms with Crippen LogP contribution in [0.1, 0.15) is 46.1 Å². The Kier molecular flexibility index (Phi) is 7.20. The fraction of sp³-hybridized carbons (Fsp3) is 0.476. The Morgan fingerprint density at radius 1 is 1.21 bits per heavy atom. The Balaban J connectivity index is 2.18. The van der Waals surface area contributed by atoms with Crippen molar-refractivity contribution in [3.05, 3.63) is 40.2 Å². The van der Waals surface area contributed by atoms with E-state index in [0.717, 1.165) is 23.8 Å². The largest absolute Gasteiger partial charge is 0.481 e. The predicted octanol–water partition coefficient (Wildman–Crippen LogP) is 3.13.